The van der Waals surface area contributed by atoms with Crippen molar-refractivity contribution in [1.29, 1.82) is 0 Å². The summed E-state index contributed by atoms with van der Waals surface area (Å²) in [6.07, 6.45) is 0.471. The number of hydrogen-bond acceptors (Lipinski definition) is 2. The van der Waals surface area contributed by atoms with Gasteiger partial charge >= 0.3 is 5.97 Å². The maximum atomic E-state index is 13.0. The summed E-state index contributed by atoms with van der Waals surface area (Å²) in [4.78, 5) is 23.6. The van der Waals surface area contributed by atoms with Crippen LogP contribution in [0.15, 0.2) is 48.5 Å². The number of halogens is 2. The van der Waals surface area contributed by atoms with Crippen molar-refractivity contribution in [3.05, 3.63) is 70.5 Å². The molecule has 6 heteroatoms. The van der Waals surface area contributed by atoms with Crippen LogP contribution in [-0.4, -0.2) is 17.0 Å². The molecule has 130 valence electrons. The van der Waals surface area contributed by atoms with E-state index in [4.69, 9.17) is 16.7 Å². The van der Waals surface area contributed by atoms with Gasteiger partial charge in [-0.05, 0) is 47.7 Å². The number of aliphatic carboxylic acids is 1. The van der Waals surface area contributed by atoms with Crippen LogP contribution in [0.3, 0.4) is 0 Å². The Morgan fingerprint density at radius 3 is 2.40 bits per heavy atom. The Morgan fingerprint density at radius 1 is 1.16 bits per heavy atom. The fraction of sp³-hybridized carbons (Fsp3) is 0.263. The zero-order valence-electron chi connectivity index (χ0n) is 13.3. The summed E-state index contributed by atoms with van der Waals surface area (Å²) in [5, 5.41) is 12.5. The van der Waals surface area contributed by atoms with Gasteiger partial charge in [0.05, 0.1) is 12.5 Å². The molecular weight excluding hydrogens is 345 g/mol. The molecule has 3 rings (SSSR count). The number of nitrogens with one attached hydrogen (secondary N) is 1. The molecule has 1 aliphatic carbocycles. The first-order chi connectivity index (χ1) is 11.9. The van der Waals surface area contributed by atoms with E-state index in [1.165, 1.54) is 12.1 Å². The third kappa shape index (κ3) is 4.37. The van der Waals surface area contributed by atoms with Gasteiger partial charge in [0, 0.05) is 10.9 Å². The molecule has 0 bridgehead atoms. The fourth-order valence-corrected chi connectivity index (χ4v) is 3.09. The molecule has 1 amide bonds. The van der Waals surface area contributed by atoms with Crippen molar-refractivity contribution < 1.29 is 19.1 Å². The van der Waals surface area contributed by atoms with Crippen molar-refractivity contribution in [2.75, 3.05) is 0 Å². The molecule has 2 N–H and O–H groups in total. The summed E-state index contributed by atoms with van der Waals surface area (Å²) in [6, 6.07) is 12.3. The Balaban J connectivity index is 1.67. The lowest BCUT2D eigenvalue weighted by Crippen LogP contribution is -2.31. The summed E-state index contributed by atoms with van der Waals surface area (Å²) < 4.78 is 13.0. The van der Waals surface area contributed by atoms with Gasteiger partial charge in [-0.25, -0.2) is 4.39 Å². The minimum absolute atomic E-state index is 0.0521. The van der Waals surface area contributed by atoms with Crippen molar-refractivity contribution in [2.45, 2.75) is 24.8 Å². The molecule has 2 unspecified atom stereocenters. The van der Waals surface area contributed by atoms with Crippen LogP contribution in [0, 0.1) is 11.7 Å². The summed E-state index contributed by atoms with van der Waals surface area (Å²) in [5.74, 6) is -1.65. The van der Waals surface area contributed by atoms with E-state index < -0.39 is 12.0 Å². The van der Waals surface area contributed by atoms with Crippen LogP contribution in [-0.2, 0) is 9.59 Å². The van der Waals surface area contributed by atoms with Crippen molar-refractivity contribution in [1.82, 2.24) is 5.32 Å². The van der Waals surface area contributed by atoms with Crippen LogP contribution in [0.5, 0.6) is 0 Å². The summed E-state index contributed by atoms with van der Waals surface area (Å²) in [7, 11) is 0. The number of carboxylic acid groups (broad SMARTS) is 1. The zero-order chi connectivity index (χ0) is 18.0. The molecular formula is C19H17ClFNO3. The molecule has 0 spiro atoms. The Bertz CT molecular complexity index is 776. The van der Waals surface area contributed by atoms with Crippen LogP contribution in [0.2, 0.25) is 5.02 Å². The summed E-state index contributed by atoms with van der Waals surface area (Å²) in [6.45, 7) is 0. The van der Waals surface area contributed by atoms with E-state index in [2.05, 4.69) is 5.32 Å². The molecule has 2 aromatic carbocycles. The first kappa shape index (κ1) is 17.4. The van der Waals surface area contributed by atoms with Crippen LogP contribution in [0.1, 0.15) is 35.9 Å². The molecule has 1 aliphatic rings. The van der Waals surface area contributed by atoms with E-state index in [1.54, 1.807) is 36.4 Å². The number of benzene rings is 2. The van der Waals surface area contributed by atoms with Crippen LogP contribution >= 0.6 is 11.6 Å². The monoisotopic (exact) mass is 361 g/mol. The van der Waals surface area contributed by atoms with Crippen molar-refractivity contribution in [3.8, 4) is 0 Å². The molecule has 0 heterocycles. The minimum Gasteiger partial charge on any atom is -0.481 e. The second kappa shape index (κ2) is 7.23. The molecule has 0 saturated heterocycles. The van der Waals surface area contributed by atoms with E-state index in [0.717, 1.165) is 5.56 Å². The standard InChI is InChI=1S/C19H17ClFNO3/c20-13-5-1-12(2-6-13)17(10-18(23)24)22-19(25)16-9-15(16)11-3-7-14(21)8-4-11/h1-8,15-17H,9-10H2,(H,22,25)(H,23,24)/t15?,16?,17-/m0/s1. The van der Waals surface area contributed by atoms with E-state index in [0.29, 0.717) is 17.0 Å². The highest BCUT2D eigenvalue weighted by Crippen LogP contribution is 2.47. The van der Waals surface area contributed by atoms with Crippen LogP contribution < -0.4 is 5.32 Å². The molecule has 1 saturated carbocycles. The second-order valence-electron chi connectivity index (χ2n) is 6.21. The maximum absolute atomic E-state index is 13.0. The van der Waals surface area contributed by atoms with Crippen molar-refractivity contribution in [3.63, 3.8) is 0 Å². The predicted molar refractivity (Wildman–Crippen MR) is 91.8 cm³/mol. The molecule has 4 nitrogen and oxygen atoms in total. The number of amides is 1. The van der Waals surface area contributed by atoms with Gasteiger partial charge in [0.1, 0.15) is 5.82 Å². The van der Waals surface area contributed by atoms with Gasteiger partial charge in [-0.1, -0.05) is 35.9 Å². The zero-order valence-corrected chi connectivity index (χ0v) is 14.0. The second-order valence-corrected chi connectivity index (χ2v) is 6.65. The summed E-state index contributed by atoms with van der Waals surface area (Å²) >= 11 is 5.86. The predicted octanol–water partition coefficient (Wildman–Crippen LogP) is 3.91. The highest BCUT2D eigenvalue weighted by atomic mass is 35.5. The van der Waals surface area contributed by atoms with Gasteiger partial charge in [-0.2, -0.15) is 0 Å². The lowest BCUT2D eigenvalue weighted by molar-refractivity contribution is -0.137. The Kier molecular flexibility index (Phi) is 5.04. The quantitative estimate of drug-likeness (QED) is 0.819. The normalized spacial score (nSPS) is 19.9. The van der Waals surface area contributed by atoms with Crippen LogP contribution in [0.25, 0.3) is 0 Å². The molecule has 25 heavy (non-hydrogen) atoms. The van der Waals surface area contributed by atoms with Crippen molar-refractivity contribution >= 4 is 23.5 Å². The minimum atomic E-state index is -0.994. The topological polar surface area (TPSA) is 66.4 Å². The highest BCUT2D eigenvalue weighted by molar-refractivity contribution is 6.30. The third-order valence-electron chi connectivity index (χ3n) is 4.39. The van der Waals surface area contributed by atoms with Gasteiger partial charge in [0.25, 0.3) is 0 Å². The highest BCUT2D eigenvalue weighted by Gasteiger charge is 2.44. The lowest BCUT2D eigenvalue weighted by atomic mass is 10.0. The van der Waals surface area contributed by atoms with Crippen LogP contribution in [0.4, 0.5) is 4.39 Å². The number of carbonyl (C=O) groups excluding carboxylic acids is 1. The van der Waals surface area contributed by atoms with Gasteiger partial charge in [-0.15, -0.1) is 0 Å². The third-order valence-corrected chi connectivity index (χ3v) is 4.64. The number of carboxylic acids is 1. The van der Waals surface area contributed by atoms with Gasteiger partial charge in [0.2, 0.25) is 5.91 Å². The average molecular weight is 362 g/mol. The van der Waals surface area contributed by atoms with E-state index in [9.17, 15) is 14.0 Å². The maximum Gasteiger partial charge on any atom is 0.305 e. The number of rotatable bonds is 6. The van der Waals surface area contributed by atoms with Gasteiger partial charge in [-0.3, -0.25) is 9.59 Å². The largest absolute Gasteiger partial charge is 0.481 e. The Labute approximate surface area is 149 Å². The first-order valence-electron chi connectivity index (χ1n) is 7.97. The number of hydrogen-bond donors (Lipinski definition) is 2. The van der Waals surface area contributed by atoms with Crippen molar-refractivity contribution in [2.24, 2.45) is 5.92 Å². The SMILES string of the molecule is O=C(O)C[C@H](NC(=O)C1CC1c1ccc(F)cc1)c1ccc(Cl)cc1. The molecule has 0 aromatic heterocycles. The van der Waals surface area contributed by atoms with E-state index >= 15 is 0 Å². The lowest BCUT2D eigenvalue weighted by Gasteiger charge is -2.17. The van der Waals surface area contributed by atoms with E-state index in [-0.39, 0.29) is 30.0 Å². The fourth-order valence-electron chi connectivity index (χ4n) is 2.96. The van der Waals surface area contributed by atoms with E-state index in [1.807, 2.05) is 0 Å². The van der Waals surface area contributed by atoms with Gasteiger partial charge < -0.3 is 10.4 Å². The molecule has 3 atom stereocenters. The molecule has 2 aromatic rings. The average Bonchev–Trinajstić information content (AvgIpc) is 3.36. The molecule has 0 aliphatic heterocycles. The number of carbonyl (C=O) groups is 2. The van der Waals surface area contributed by atoms with Gasteiger partial charge in [0.15, 0.2) is 0 Å². The summed E-state index contributed by atoms with van der Waals surface area (Å²) in [5.41, 5.74) is 1.61. The first-order valence-corrected chi connectivity index (χ1v) is 8.35. The molecule has 1 fully saturated rings. The Morgan fingerprint density at radius 2 is 1.80 bits per heavy atom. The smallest absolute Gasteiger partial charge is 0.305 e. The molecule has 0 radical (unpaired) electrons. The Hall–Kier alpha value is -2.40.